The zero-order chi connectivity index (χ0) is 38.7. The third-order valence-electron chi connectivity index (χ3n) is 8.33. The number of halogens is 1. The van der Waals surface area contributed by atoms with E-state index in [1.54, 1.807) is 6.08 Å². The summed E-state index contributed by atoms with van der Waals surface area (Å²) in [6.07, 6.45) is 21.3. The zero-order valence-corrected chi connectivity index (χ0v) is 32.9. The van der Waals surface area contributed by atoms with Crippen LogP contribution in [0.4, 0.5) is 10.1 Å². The maximum Gasteiger partial charge on any atom is 0.128 e. The van der Waals surface area contributed by atoms with Crippen molar-refractivity contribution in [1.82, 2.24) is 5.32 Å². The molecule has 0 unspecified atom stereocenters. The molecule has 1 aliphatic carbocycles. The summed E-state index contributed by atoms with van der Waals surface area (Å²) in [6.45, 7) is 22.2. The molecule has 52 heavy (non-hydrogen) atoms. The van der Waals surface area contributed by atoms with E-state index < -0.39 is 5.83 Å². The molecule has 0 radical (unpaired) electrons. The predicted octanol–water partition coefficient (Wildman–Crippen LogP) is 13.2. The highest BCUT2D eigenvalue weighted by molar-refractivity contribution is 5.88. The quantitative estimate of drug-likeness (QED) is 0.0672. The first-order chi connectivity index (χ1) is 25.2. The Hall–Kier alpha value is -4.77. The van der Waals surface area contributed by atoms with Crippen LogP contribution in [0.15, 0.2) is 102 Å². The first kappa shape index (κ1) is 45.3. The lowest BCUT2D eigenvalue weighted by Crippen LogP contribution is -2.30. The maximum atomic E-state index is 13.9. The van der Waals surface area contributed by atoms with Gasteiger partial charge in [0.15, 0.2) is 0 Å². The fraction of sp³-hybridized carbons (Fsp3) is 0.375. The van der Waals surface area contributed by atoms with Crippen molar-refractivity contribution in [1.29, 1.82) is 0 Å². The highest BCUT2D eigenvalue weighted by Gasteiger charge is 2.13. The van der Waals surface area contributed by atoms with Crippen LogP contribution in [0.5, 0.6) is 0 Å². The fourth-order valence-electron chi connectivity index (χ4n) is 5.64. The minimum absolute atomic E-state index is 0.413. The number of hydrogen-bond donors (Lipinski definition) is 1. The van der Waals surface area contributed by atoms with Crippen LogP contribution in [0.3, 0.4) is 0 Å². The largest absolute Gasteiger partial charge is 0.311 e. The molecule has 0 atom stereocenters. The van der Waals surface area contributed by atoms with Gasteiger partial charge in [-0.25, -0.2) is 9.18 Å². The highest BCUT2D eigenvalue weighted by atomic mass is 19.1. The lowest BCUT2D eigenvalue weighted by molar-refractivity contribution is 0.385. The van der Waals surface area contributed by atoms with E-state index in [1.165, 1.54) is 38.5 Å². The first-order valence-electron chi connectivity index (χ1n) is 18.9. The lowest BCUT2D eigenvalue weighted by atomic mass is 9.95. The highest BCUT2D eigenvalue weighted by Crippen LogP contribution is 2.35. The monoisotopic (exact) mass is 700 g/mol. The van der Waals surface area contributed by atoms with E-state index in [9.17, 15) is 9.18 Å². The van der Waals surface area contributed by atoms with Gasteiger partial charge < -0.3 is 5.32 Å². The van der Waals surface area contributed by atoms with E-state index >= 15 is 0 Å². The van der Waals surface area contributed by atoms with Crippen LogP contribution in [0.2, 0.25) is 0 Å². The summed E-state index contributed by atoms with van der Waals surface area (Å²) in [5.74, 6) is 4.31. The van der Waals surface area contributed by atoms with Gasteiger partial charge in [0.1, 0.15) is 11.8 Å². The maximum absolute atomic E-state index is 13.9. The van der Waals surface area contributed by atoms with Crippen LogP contribution in [-0.2, 0) is 11.2 Å². The Bertz CT molecular complexity index is 1720. The first-order valence-corrected chi connectivity index (χ1v) is 18.9. The number of aryl methyl sites for hydroxylation is 1. The summed E-state index contributed by atoms with van der Waals surface area (Å²) < 4.78 is 13.9. The van der Waals surface area contributed by atoms with E-state index in [2.05, 4.69) is 57.8 Å². The Kier molecular flexibility index (Phi) is 23.5. The number of carbonyl (C=O) groups excluding carboxylic acids is 1. The van der Waals surface area contributed by atoms with Gasteiger partial charge in [-0.3, -0.25) is 4.99 Å². The molecule has 3 aromatic rings. The van der Waals surface area contributed by atoms with Crippen molar-refractivity contribution in [3.05, 3.63) is 125 Å². The Morgan fingerprint density at radius 3 is 2.21 bits per heavy atom. The van der Waals surface area contributed by atoms with Crippen molar-refractivity contribution in [3.63, 3.8) is 0 Å². The molecule has 276 valence electrons. The second-order valence-electron chi connectivity index (χ2n) is 12.4. The van der Waals surface area contributed by atoms with Crippen molar-refractivity contribution >= 4 is 29.2 Å². The smallest absolute Gasteiger partial charge is 0.128 e. The minimum Gasteiger partial charge on any atom is -0.311 e. The van der Waals surface area contributed by atoms with Crippen LogP contribution < -0.4 is 5.32 Å². The molecule has 1 fully saturated rings. The molecule has 0 aromatic heterocycles. The molecule has 3 nitrogen and oxygen atoms in total. The van der Waals surface area contributed by atoms with Gasteiger partial charge in [0, 0.05) is 41.4 Å². The molecule has 4 heteroatoms. The Balaban J connectivity index is 0.000000466. The summed E-state index contributed by atoms with van der Waals surface area (Å²) in [4.78, 5) is 16.0. The summed E-state index contributed by atoms with van der Waals surface area (Å²) >= 11 is 0. The van der Waals surface area contributed by atoms with E-state index in [1.807, 2.05) is 99.5 Å². The number of aliphatic imine (C=N–C) groups is 1. The van der Waals surface area contributed by atoms with Gasteiger partial charge in [-0.1, -0.05) is 141 Å². The molecule has 0 amide bonds. The molecule has 0 aliphatic heterocycles. The van der Waals surface area contributed by atoms with Gasteiger partial charge in [-0.2, -0.15) is 0 Å². The van der Waals surface area contributed by atoms with Crippen LogP contribution in [-0.4, -0.2) is 24.2 Å². The molecule has 4 rings (SSSR count). The summed E-state index contributed by atoms with van der Waals surface area (Å²) in [6, 6.07) is 20.0. The molecule has 0 spiro atoms. The average Bonchev–Trinajstić information content (AvgIpc) is 3.18. The van der Waals surface area contributed by atoms with Crippen LogP contribution in [0, 0.1) is 19.3 Å². The molecule has 1 N–H and O–H groups in total. The Labute approximate surface area is 315 Å². The summed E-state index contributed by atoms with van der Waals surface area (Å²) in [7, 11) is 0. The Morgan fingerprint density at radius 2 is 1.65 bits per heavy atom. The molecule has 0 saturated heterocycles. The second-order valence-corrected chi connectivity index (χ2v) is 12.4. The van der Waals surface area contributed by atoms with Gasteiger partial charge in [0.05, 0.1) is 5.69 Å². The average molecular weight is 701 g/mol. The molecule has 3 aromatic carbocycles. The molecule has 0 heterocycles. The summed E-state index contributed by atoms with van der Waals surface area (Å²) in [5.41, 5.74) is 11.4. The SMILES string of the molecule is C#Cc1cc(C=C=C)ccc1CC(=C=O)/C=C/CNC1CCCCC1.C=C(F)c1cc(C)c(N=C(CC)CC)cc1-c1ccccc1.CC.CCC. The number of nitrogens with zero attached hydrogens (tertiary/aromatic N) is 1. The molecule has 1 saturated carbocycles. The van der Waals surface area contributed by atoms with E-state index in [0.29, 0.717) is 23.6 Å². The lowest BCUT2D eigenvalue weighted by Gasteiger charge is -2.21. The van der Waals surface area contributed by atoms with Crippen LogP contribution in [0.1, 0.15) is 121 Å². The number of nitrogens with one attached hydrogen (secondary N) is 1. The van der Waals surface area contributed by atoms with Gasteiger partial charge >= 0.3 is 0 Å². The summed E-state index contributed by atoms with van der Waals surface area (Å²) in [5, 5.41) is 3.53. The molecule has 0 bridgehead atoms. The van der Waals surface area contributed by atoms with Crippen molar-refractivity contribution in [3.8, 4) is 23.5 Å². The topological polar surface area (TPSA) is 41.5 Å². The zero-order valence-electron chi connectivity index (χ0n) is 32.9. The third kappa shape index (κ3) is 16.1. The van der Waals surface area contributed by atoms with E-state index in [0.717, 1.165) is 64.2 Å². The van der Waals surface area contributed by atoms with Crippen molar-refractivity contribution in [2.75, 3.05) is 6.54 Å². The van der Waals surface area contributed by atoms with Crippen molar-refractivity contribution in [2.45, 2.75) is 112 Å². The van der Waals surface area contributed by atoms with Crippen molar-refractivity contribution < 1.29 is 9.18 Å². The van der Waals surface area contributed by atoms with Gasteiger partial charge in [0.25, 0.3) is 0 Å². The molecule has 1 aliphatic rings. The van der Waals surface area contributed by atoms with Gasteiger partial charge in [0.2, 0.25) is 0 Å². The third-order valence-corrected chi connectivity index (χ3v) is 8.33. The van der Waals surface area contributed by atoms with Crippen molar-refractivity contribution in [2.24, 2.45) is 4.99 Å². The van der Waals surface area contributed by atoms with E-state index in [-0.39, 0.29) is 0 Å². The standard InChI is InChI=1S/C23H25NO.C20H22FN.C3H8.C2H6/c1-3-9-19-13-14-22(21(4-2)16-19)17-20(18-25)10-8-15-24-23-11-6-5-7-12-23;1-5-17(6-2)22-20-13-19(16-10-8-7-9-11-16)18(15(4)21)12-14(20)3;1-3-2;1-2/h2,8-10,13-14,16,23-24H,1,5-7,11-12,15,17H2;7-13H,4-6H2,1-3H3;3H2,1-2H3;1-2H3/b10-8+;;;. The van der Waals surface area contributed by atoms with Gasteiger partial charge in [-0.05, 0) is 84.7 Å². The second kappa shape index (κ2) is 27.0. The number of hydrogen-bond acceptors (Lipinski definition) is 3. The number of rotatable bonds is 12. The van der Waals surface area contributed by atoms with E-state index in [4.69, 9.17) is 11.4 Å². The number of terminal acetylenes is 1. The fourth-order valence-corrected chi connectivity index (χ4v) is 5.64. The van der Waals surface area contributed by atoms with Crippen LogP contribution in [0.25, 0.3) is 23.0 Å². The predicted molar refractivity (Wildman–Crippen MR) is 227 cm³/mol. The number of allylic oxidation sites excluding steroid dienone is 2. The van der Waals surface area contributed by atoms with Gasteiger partial charge in [-0.15, -0.1) is 12.2 Å². The minimum atomic E-state index is -0.413. The molecular weight excluding hydrogens is 640 g/mol. The number of benzene rings is 3. The Morgan fingerprint density at radius 1 is 1.00 bits per heavy atom. The molecular formula is C48H61FN2O. The normalized spacial score (nSPS) is 11.8. The van der Waals surface area contributed by atoms with Crippen LogP contribution >= 0.6 is 0 Å².